The number of piperidine rings is 1. The molecule has 1 fully saturated rings. The van der Waals surface area contributed by atoms with Crippen LogP contribution >= 0.6 is 12.4 Å². The summed E-state index contributed by atoms with van der Waals surface area (Å²) in [5, 5.41) is 10.2. The molecule has 5 nitrogen and oxygen atoms in total. The minimum atomic E-state index is 0. The third-order valence-electron chi connectivity index (χ3n) is 2.44. The molecule has 1 aliphatic rings. The van der Waals surface area contributed by atoms with E-state index in [-0.39, 0.29) is 12.4 Å². The van der Waals surface area contributed by atoms with Crippen LogP contribution in [0.3, 0.4) is 0 Å². The first-order chi connectivity index (χ1) is 6.95. The minimum absolute atomic E-state index is 0. The van der Waals surface area contributed by atoms with Crippen LogP contribution in [0.1, 0.15) is 25.0 Å². The number of aromatic nitrogens is 3. The van der Waals surface area contributed by atoms with Gasteiger partial charge in [0.25, 0.3) is 0 Å². The molecule has 0 radical (unpaired) electrons. The lowest BCUT2D eigenvalue weighted by atomic mass is 10.1. The van der Waals surface area contributed by atoms with Gasteiger partial charge in [0.15, 0.2) is 0 Å². The Labute approximate surface area is 95.6 Å². The number of nitrogens with one attached hydrogen (secondary N) is 1. The van der Waals surface area contributed by atoms with E-state index in [9.17, 15) is 0 Å². The van der Waals surface area contributed by atoms with Crippen molar-refractivity contribution in [3.8, 4) is 0 Å². The number of nitrogens with zero attached hydrogens (tertiary/aromatic N) is 3. The average Bonchev–Trinajstić information content (AvgIpc) is 2.72. The number of hydrogen-bond acceptors (Lipinski definition) is 4. The van der Waals surface area contributed by atoms with E-state index in [1.807, 2.05) is 0 Å². The summed E-state index contributed by atoms with van der Waals surface area (Å²) < 4.78 is 5.52. The SMILES string of the molecule is Cl.c1n[nH]nc1COCN1CCCCC1. The molecule has 0 atom stereocenters. The fourth-order valence-corrected chi connectivity index (χ4v) is 1.66. The normalized spacial score (nSPS) is 17.3. The van der Waals surface area contributed by atoms with Crippen LogP contribution < -0.4 is 0 Å². The van der Waals surface area contributed by atoms with Gasteiger partial charge in [0.2, 0.25) is 0 Å². The first kappa shape index (κ1) is 12.4. The second kappa shape index (κ2) is 6.76. The van der Waals surface area contributed by atoms with Gasteiger partial charge in [0.05, 0.1) is 19.5 Å². The molecule has 1 saturated heterocycles. The van der Waals surface area contributed by atoms with Gasteiger partial charge in [-0.15, -0.1) is 12.4 Å². The topological polar surface area (TPSA) is 54.0 Å². The number of ether oxygens (including phenoxy) is 1. The van der Waals surface area contributed by atoms with E-state index in [4.69, 9.17) is 4.74 Å². The molecule has 86 valence electrons. The second-order valence-corrected chi connectivity index (χ2v) is 3.62. The molecule has 6 heteroatoms. The van der Waals surface area contributed by atoms with E-state index in [0.29, 0.717) is 13.3 Å². The lowest BCUT2D eigenvalue weighted by Crippen LogP contribution is -2.31. The number of halogens is 1. The summed E-state index contributed by atoms with van der Waals surface area (Å²) in [6, 6.07) is 0. The van der Waals surface area contributed by atoms with Crippen molar-refractivity contribution in [1.82, 2.24) is 20.3 Å². The molecule has 1 aromatic rings. The fourth-order valence-electron chi connectivity index (χ4n) is 1.66. The van der Waals surface area contributed by atoms with Crippen LogP contribution in [0.4, 0.5) is 0 Å². The highest BCUT2D eigenvalue weighted by molar-refractivity contribution is 5.85. The Balaban J connectivity index is 0.00000112. The molecule has 0 spiro atoms. The van der Waals surface area contributed by atoms with Crippen molar-refractivity contribution in [3.63, 3.8) is 0 Å². The predicted octanol–water partition coefficient (Wildman–Crippen LogP) is 1.19. The molecule has 0 amide bonds. The third kappa shape index (κ3) is 4.15. The summed E-state index contributed by atoms with van der Waals surface area (Å²) >= 11 is 0. The smallest absolute Gasteiger partial charge is 0.108 e. The van der Waals surface area contributed by atoms with E-state index in [1.54, 1.807) is 6.20 Å². The molecule has 1 aliphatic heterocycles. The van der Waals surface area contributed by atoms with Gasteiger partial charge in [-0.25, -0.2) is 0 Å². The Hall–Kier alpha value is -0.650. The van der Waals surface area contributed by atoms with E-state index in [2.05, 4.69) is 20.3 Å². The van der Waals surface area contributed by atoms with Crippen molar-refractivity contribution < 1.29 is 4.74 Å². The largest absolute Gasteiger partial charge is 0.360 e. The Morgan fingerprint density at radius 3 is 2.80 bits per heavy atom. The van der Waals surface area contributed by atoms with Crippen LogP contribution in [0.25, 0.3) is 0 Å². The van der Waals surface area contributed by atoms with Crippen molar-refractivity contribution in [3.05, 3.63) is 11.9 Å². The summed E-state index contributed by atoms with van der Waals surface area (Å²) in [4.78, 5) is 2.34. The van der Waals surface area contributed by atoms with Gasteiger partial charge in [0, 0.05) is 13.1 Å². The summed E-state index contributed by atoms with van der Waals surface area (Å²) in [6.45, 7) is 3.59. The Morgan fingerprint density at radius 2 is 2.13 bits per heavy atom. The van der Waals surface area contributed by atoms with Gasteiger partial charge < -0.3 is 4.74 Å². The standard InChI is InChI=1S/C9H16N4O.ClH/c1-2-4-13(5-3-1)8-14-7-9-6-10-12-11-9;/h6H,1-5,7-8H2,(H,10,11,12);1H. The maximum Gasteiger partial charge on any atom is 0.108 e. The van der Waals surface area contributed by atoms with Crippen molar-refractivity contribution in [2.45, 2.75) is 25.9 Å². The van der Waals surface area contributed by atoms with Gasteiger partial charge in [-0.2, -0.15) is 15.4 Å². The first-order valence-corrected chi connectivity index (χ1v) is 5.10. The lowest BCUT2D eigenvalue weighted by molar-refractivity contribution is 0.00846. The first-order valence-electron chi connectivity index (χ1n) is 5.10. The lowest BCUT2D eigenvalue weighted by Gasteiger charge is -2.25. The molecule has 1 aromatic heterocycles. The molecular weight excluding hydrogens is 216 g/mol. The zero-order chi connectivity index (χ0) is 9.64. The highest BCUT2D eigenvalue weighted by atomic mass is 35.5. The fraction of sp³-hybridized carbons (Fsp3) is 0.778. The quantitative estimate of drug-likeness (QED) is 0.847. The average molecular weight is 233 g/mol. The van der Waals surface area contributed by atoms with E-state index < -0.39 is 0 Å². The van der Waals surface area contributed by atoms with Gasteiger partial charge in [-0.3, -0.25) is 4.90 Å². The maximum absolute atomic E-state index is 5.52. The zero-order valence-electron chi connectivity index (χ0n) is 8.69. The van der Waals surface area contributed by atoms with Gasteiger partial charge in [-0.05, 0) is 12.8 Å². The molecule has 0 bridgehead atoms. The van der Waals surface area contributed by atoms with E-state index in [1.165, 1.54) is 32.4 Å². The summed E-state index contributed by atoms with van der Waals surface area (Å²) in [5.74, 6) is 0. The van der Waals surface area contributed by atoms with Crippen molar-refractivity contribution in [1.29, 1.82) is 0 Å². The molecule has 15 heavy (non-hydrogen) atoms. The Kier molecular flexibility index (Phi) is 5.60. The number of likely N-dealkylation sites (tertiary alicyclic amines) is 1. The van der Waals surface area contributed by atoms with Gasteiger partial charge in [0.1, 0.15) is 5.69 Å². The summed E-state index contributed by atoms with van der Waals surface area (Å²) in [6.07, 6.45) is 5.65. The molecule has 2 heterocycles. The Morgan fingerprint density at radius 1 is 1.33 bits per heavy atom. The molecular formula is C9H17ClN4O. The van der Waals surface area contributed by atoms with Gasteiger partial charge >= 0.3 is 0 Å². The molecule has 0 unspecified atom stereocenters. The molecule has 1 N–H and O–H groups in total. The van der Waals surface area contributed by atoms with E-state index in [0.717, 1.165) is 5.69 Å². The Bertz CT molecular complexity index is 249. The van der Waals surface area contributed by atoms with Crippen molar-refractivity contribution >= 4 is 12.4 Å². The molecule has 0 aliphatic carbocycles. The number of hydrogen-bond donors (Lipinski definition) is 1. The predicted molar refractivity (Wildman–Crippen MR) is 58.7 cm³/mol. The summed E-state index contributed by atoms with van der Waals surface area (Å²) in [7, 11) is 0. The summed E-state index contributed by atoms with van der Waals surface area (Å²) in [5.41, 5.74) is 0.863. The number of aromatic amines is 1. The molecule has 0 aromatic carbocycles. The number of H-pyrrole nitrogens is 1. The van der Waals surface area contributed by atoms with Gasteiger partial charge in [-0.1, -0.05) is 6.42 Å². The molecule has 2 rings (SSSR count). The van der Waals surface area contributed by atoms with Crippen LogP contribution in [0.15, 0.2) is 6.20 Å². The highest BCUT2D eigenvalue weighted by Gasteiger charge is 2.09. The van der Waals surface area contributed by atoms with Crippen LogP contribution in [0.2, 0.25) is 0 Å². The monoisotopic (exact) mass is 232 g/mol. The third-order valence-corrected chi connectivity index (χ3v) is 2.44. The highest BCUT2D eigenvalue weighted by Crippen LogP contribution is 2.08. The van der Waals surface area contributed by atoms with E-state index >= 15 is 0 Å². The molecule has 0 saturated carbocycles. The van der Waals surface area contributed by atoms with Crippen LogP contribution in [-0.4, -0.2) is 40.1 Å². The zero-order valence-corrected chi connectivity index (χ0v) is 9.50. The minimum Gasteiger partial charge on any atom is -0.360 e. The van der Waals surface area contributed by atoms with Crippen LogP contribution in [-0.2, 0) is 11.3 Å². The van der Waals surface area contributed by atoms with Crippen LogP contribution in [0.5, 0.6) is 0 Å². The van der Waals surface area contributed by atoms with Crippen LogP contribution in [0, 0.1) is 0 Å². The van der Waals surface area contributed by atoms with Crippen molar-refractivity contribution in [2.75, 3.05) is 19.8 Å². The van der Waals surface area contributed by atoms with Crippen molar-refractivity contribution in [2.24, 2.45) is 0 Å². The number of rotatable bonds is 4. The second-order valence-electron chi connectivity index (χ2n) is 3.62. The maximum atomic E-state index is 5.52.